The molecule has 2 saturated heterocycles. The highest BCUT2D eigenvalue weighted by Crippen LogP contribution is 2.40. The van der Waals surface area contributed by atoms with E-state index in [-0.39, 0.29) is 5.91 Å². The molecule has 2 aromatic rings. The van der Waals surface area contributed by atoms with E-state index in [4.69, 9.17) is 0 Å². The van der Waals surface area contributed by atoms with Gasteiger partial charge in [-0.3, -0.25) is 4.79 Å². The number of likely N-dealkylation sites (tertiary alicyclic amines) is 2. The number of carbonyl (C=O) groups excluding carboxylic acids is 1. The van der Waals surface area contributed by atoms with Crippen LogP contribution in [0.1, 0.15) is 29.6 Å². The van der Waals surface area contributed by atoms with Gasteiger partial charge in [0.15, 0.2) is 0 Å². The molecular weight excluding hydrogens is 274 g/mol. The van der Waals surface area contributed by atoms with E-state index in [1.54, 1.807) is 0 Å². The molecule has 0 saturated carbocycles. The van der Waals surface area contributed by atoms with Crippen LogP contribution in [0.2, 0.25) is 0 Å². The Morgan fingerprint density at radius 3 is 2.68 bits per heavy atom. The Bertz CT molecular complexity index is 697. The fraction of sp³-hybridized carbons (Fsp3) is 0.500. The Balaban J connectivity index is 1.55. The lowest BCUT2D eigenvalue weighted by molar-refractivity contribution is 0.0738. The lowest BCUT2D eigenvalue weighted by atomic mass is 9.78. The molecule has 1 N–H and O–H groups in total. The molecule has 1 aromatic carbocycles. The van der Waals surface area contributed by atoms with E-state index in [0.717, 1.165) is 49.1 Å². The second kappa shape index (κ2) is 5.13. The highest BCUT2D eigenvalue weighted by molar-refractivity contribution is 6.06. The van der Waals surface area contributed by atoms with Crippen LogP contribution >= 0.6 is 0 Å². The zero-order chi connectivity index (χ0) is 15.2. The summed E-state index contributed by atoms with van der Waals surface area (Å²) in [6.45, 7) is 4.16. The molecule has 2 aliphatic rings. The van der Waals surface area contributed by atoms with Gasteiger partial charge in [0.2, 0.25) is 0 Å². The van der Waals surface area contributed by atoms with Crippen molar-refractivity contribution in [2.24, 2.45) is 5.41 Å². The molecular formula is C18H23N3O. The van der Waals surface area contributed by atoms with Crippen molar-refractivity contribution in [2.45, 2.75) is 19.3 Å². The topological polar surface area (TPSA) is 39.3 Å². The largest absolute Gasteiger partial charge is 0.360 e. The number of benzene rings is 1. The summed E-state index contributed by atoms with van der Waals surface area (Å²) in [5, 5.41) is 1.04. The summed E-state index contributed by atoms with van der Waals surface area (Å²) in [4.78, 5) is 20.6. The molecule has 1 spiro atoms. The van der Waals surface area contributed by atoms with Gasteiger partial charge >= 0.3 is 0 Å². The maximum Gasteiger partial charge on any atom is 0.256 e. The third-order valence-electron chi connectivity index (χ3n) is 5.59. The van der Waals surface area contributed by atoms with E-state index in [9.17, 15) is 4.79 Å². The van der Waals surface area contributed by atoms with Gasteiger partial charge in [-0.25, -0.2) is 0 Å². The molecule has 0 bridgehead atoms. The van der Waals surface area contributed by atoms with E-state index in [1.807, 2.05) is 30.5 Å². The molecule has 4 rings (SSSR count). The number of hydrogen-bond acceptors (Lipinski definition) is 2. The van der Waals surface area contributed by atoms with E-state index in [2.05, 4.69) is 21.8 Å². The number of hydrogen-bond donors (Lipinski definition) is 1. The summed E-state index contributed by atoms with van der Waals surface area (Å²) in [7, 11) is 2.19. The number of nitrogens with one attached hydrogen (secondary N) is 1. The Morgan fingerprint density at radius 1 is 1.14 bits per heavy atom. The Labute approximate surface area is 131 Å². The van der Waals surface area contributed by atoms with Crippen LogP contribution in [-0.4, -0.2) is 53.9 Å². The normalized spacial score (nSPS) is 21.8. The van der Waals surface area contributed by atoms with Gasteiger partial charge in [-0.1, -0.05) is 18.2 Å². The van der Waals surface area contributed by atoms with Crippen molar-refractivity contribution in [3.63, 3.8) is 0 Å². The molecule has 4 nitrogen and oxygen atoms in total. The number of aromatic nitrogens is 1. The van der Waals surface area contributed by atoms with Gasteiger partial charge in [-0.2, -0.15) is 0 Å². The fourth-order valence-electron chi connectivity index (χ4n) is 4.03. The third-order valence-corrected chi connectivity index (χ3v) is 5.59. The van der Waals surface area contributed by atoms with Crippen molar-refractivity contribution in [2.75, 3.05) is 33.2 Å². The molecule has 0 aliphatic carbocycles. The first-order valence-electron chi connectivity index (χ1n) is 8.21. The maximum absolute atomic E-state index is 12.9. The number of rotatable bonds is 1. The van der Waals surface area contributed by atoms with Gasteiger partial charge in [0.05, 0.1) is 5.56 Å². The summed E-state index contributed by atoms with van der Waals surface area (Å²) in [5.41, 5.74) is 2.23. The minimum atomic E-state index is 0.188. The molecule has 1 amide bonds. The van der Waals surface area contributed by atoms with Crippen molar-refractivity contribution in [3.8, 4) is 0 Å². The van der Waals surface area contributed by atoms with Crippen LogP contribution in [0.3, 0.4) is 0 Å². The predicted molar refractivity (Wildman–Crippen MR) is 88.0 cm³/mol. The molecule has 0 atom stereocenters. The number of carbonyl (C=O) groups is 1. The first kappa shape index (κ1) is 13.8. The van der Waals surface area contributed by atoms with E-state index >= 15 is 0 Å². The zero-order valence-electron chi connectivity index (χ0n) is 13.1. The predicted octanol–water partition coefficient (Wildman–Crippen LogP) is 2.73. The van der Waals surface area contributed by atoms with Gasteiger partial charge in [-0.05, 0) is 50.9 Å². The molecule has 4 heteroatoms. The lowest BCUT2D eigenvalue weighted by Gasteiger charge is -2.37. The van der Waals surface area contributed by atoms with Crippen LogP contribution in [0.25, 0.3) is 10.9 Å². The van der Waals surface area contributed by atoms with Crippen LogP contribution in [0, 0.1) is 5.41 Å². The van der Waals surface area contributed by atoms with Gasteiger partial charge < -0.3 is 14.8 Å². The number of amides is 1. The molecule has 116 valence electrons. The Kier molecular flexibility index (Phi) is 3.22. The van der Waals surface area contributed by atoms with Gasteiger partial charge in [0.1, 0.15) is 0 Å². The second-order valence-electron chi connectivity index (χ2n) is 7.03. The molecule has 22 heavy (non-hydrogen) atoms. The van der Waals surface area contributed by atoms with Crippen molar-refractivity contribution in [1.29, 1.82) is 0 Å². The van der Waals surface area contributed by atoms with Crippen LogP contribution < -0.4 is 0 Å². The maximum atomic E-state index is 12.9. The summed E-state index contributed by atoms with van der Waals surface area (Å²) < 4.78 is 0. The highest BCUT2D eigenvalue weighted by Gasteiger charge is 2.41. The summed E-state index contributed by atoms with van der Waals surface area (Å²) in [5.74, 6) is 0.188. The van der Waals surface area contributed by atoms with Crippen LogP contribution in [0.4, 0.5) is 0 Å². The monoisotopic (exact) mass is 297 g/mol. The minimum Gasteiger partial charge on any atom is -0.360 e. The summed E-state index contributed by atoms with van der Waals surface area (Å²) in [6, 6.07) is 8.04. The molecule has 2 aliphatic heterocycles. The number of H-pyrrole nitrogens is 1. The lowest BCUT2D eigenvalue weighted by Crippen LogP contribution is -2.40. The first-order valence-corrected chi connectivity index (χ1v) is 8.21. The van der Waals surface area contributed by atoms with Crippen molar-refractivity contribution < 1.29 is 4.79 Å². The first-order chi connectivity index (χ1) is 10.7. The Hall–Kier alpha value is -1.81. The van der Waals surface area contributed by atoms with Crippen molar-refractivity contribution in [1.82, 2.24) is 14.8 Å². The second-order valence-corrected chi connectivity index (χ2v) is 7.03. The number of fused-ring (bicyclic) bond motifs is 1. The number of aromatic amines is 1. The van der Waals surface area contributed by atoms with Gasteiger partial charge in [0.25, 0.3) is 5.91 Å². The molecule has 3 heterocycles. The molecule has 2 fully saturated rings. The number of piperidine rings is 1. The highest BCUT2D eigenvalue weighted by atomic mass is 16.2. The van der Waals surface area contributed by atoms with Crippen LogP contribution in [0.15, 0.2) is 30.5 Å². The average Bonchev–Trinajstić information content (AvgIpc) is 3.15. The van der Waals surface area contributed by atoms with Crippen LogP contribution in [0.5, 0.6) is 0 Å². The average molecular weight is 297 g/mol. The quantitative estimate of drug-likeness (QED) is 0.879. The van der Waals surface area contributed by atoms with Gasteiger partial charge in [-0.15, -0.1) is 0 Å². The van der Waals surface area contributed by atoms with Crippen molar-refractivity contribution in [3.05, 3.63) is 36.0 Å². The summed E-state index contributed by atoms with van der Waals surface area (Å²) >= 11 is 0. The minimum absolute atomic E-state index is 0.188. The Morgan fingerprint density at radius 2 is 1.86 bits per heavy atom. The molecule has 1 aromatic heterocycles. The zero-order valence-corrected chi connectivity index (χ0v) is 13.1. The third kappa shape index (κ3) is 2.22. The van der Waals surface area contributed by atoms with Gasteiger partial charge in [0, 0.05) is 30.2 Å². The fourth-order valence-corrected chi connectivity index (χ4v) is 4.03. The smallest absolute Gasteiger partial charge is 0.256 e. The van der Waals surface area contributed by atoms with Crippen molar-refractivity contribution >= 4 is 16.8 Å². The summed E-state index contributed by atoms with van der Waals surface area (Å²) in [6.07, 6.45) is 5.48. The van der Waals surface area contributed by atoms with E-state index in [0.29, 0.717) is 5.41 Å². The molecule has 0 unspecified atom stereocenters. The van der Waals surface area contributed by atoms with Crippen LogP contribution in [-0.2, 0) is 0 Å². The molecule has 0 radical (unpaired) electrons. The van der Waals surface area contributed by atoms with E-state index in [1.165, 1.54) is 12.8 Å². The number of para-hydroxylation sites is 1. The standard InChI is InChI=1S/C18H23N3O/c1-20-9-6-18(7-10-20)8-11-21(13-18)17(22)15-12-19-16-5-3-2-4-14(15)16/h2-5,12,19H,6-11,13H2,1H3. The SMILES string of the molecule is CN1CCC2(CC1)CCN(C(=O)c1c[nH]c3ccccc13)C2. The van der Waals surface area contributed by atoms with E-state index < -0.39 is 0 Å². The number of nitrogens with zero attached hydrogens (tertiary/aromatic N) is 2.